The van der Waals surface area contributed by atoms with Gasteiger partial charge >= 0.3 is 0 Å². The first-order valence-corrected chi connectivity index (χ1v) is 8.44. The molecule has 0 unspecified atom stereocenters. The Bertz CT molecular complexity index is 532. The Balaban J connectivity index is 2.40. The van der Waals surface area contributed by atoms with Crippen molar-refractivity contribution in [3.8, 4) is 0 Å². The molecule has 0 aliphatic heterocycles. The van der Waals surface area contributed by atoms with Gasteiger partial charge in [0.15, 0.2) is 0 Å². The predicted octanol–water partition coefficient (Wildman–Crippen LogP) is 2.90. The molecule has 6 heteroatoms. The van der Waals surface area contributed by atoms with E-state index in [9.17, 15) is 4.79 Å². The van der Waals surface area contributed by atoms with Crippen LogP contribution in [0.1, 0.15) is 57.6 Å². The number of hydrogen-bond acceptors (Lipinski definition) is 5. The summed E-state index contributed by atoms with van der Waals surface area (Å²) in [7, 11) is 0. The summed E-state index contributed by atoms with van der Waals surface area (Å²) in [5.74, 6) is 0.544. The lowest BCUT2D eigenvalue weighted by atomic mass is 9.87. The van der Waals surface area contributed by atoms with Crippen molar-refractivity contribution in [3.63, 3.8) is 0 Å². The van der Waals surface area contributed by atoms with E-state index >= 15 is 0 Å². The highest BCUT2D eigenvalue weighted by atomic mass is 32.2. The van der Waals surface area contributed by atoms with Crippen LogP contribution in [0.4, 0.5) is 0 Å². The second-order valence-corrected chi connectivity index (χ2v) is 6.31. The fourth-order valence-electron chi connectivity index (χ4n) is 2.44. The summed E-state index contributed by atoms with van der Waals surface area (Å²) in [6.07, 6.45) is 9.33. The monoisotopic (exact) mass is 294 g/mol. The van der Waals surface area contributed by atoms with Gasteiger partial charge in [0, 0.05) is 12.1 Å². The molecule has 0 amide bonds. The predicted molar refractivity (Wildman–Crippen MR) is 82.6 cm³/mol. The number of thioether (sulfide) groups is 1. The number of hydrogen-bond donors (Lipinski definition) is 0. The molecule has 0 atom stereocenters. The topological polar surface area (TPSA) is 60.1 Å². The van der Waals surface area contributed by atoms with E-state index in [-0.39, 0.29) is 11.5 Å². The standard InChI is InChI=1S/C14H22N4OS/c1-10(2)9-15-18-13(19)12(16-17-14(18)20-3)11-7-5-4-6-8-11/h9-11H,4-8H2,1-3H3. The van der Waals surface area contributed by atoms with Gasteiger partial charge in [-0.15, -0.1) is 10.2 Å². The lowest BCUT2D eigenvalue weighted by molar-refractivity contribution is 0.422. The van der Waals surface area contributed by atoms with Crippen molar-refractivity contribution in [3.05, 3.63) is 16.0 Å². The summed E-state index contributed by atoms with van der Waals surface area (Å²) in [6, 6.07) is 0. The van der Waals surface area contributed by atoms with Crippen LogP contribution in [0.5, 0.6) is 0 Å². The van der Waals surface area contributed by atoms with Crippen molar-refractivity contribution in [1.29, 1.82) is 0 Å². The third-order valence-corrected chi connectivity index (χ3v) is 4.11. The lowest BCUT2D eigenvalue weighted by Gasteiger charge is -2.20. The Kier molecular flexibility index (Phi) is 5.34. The molecule has 5 nitrogen and oxygen atoms in total. The zero-order chi connectivity index (χ0) is 14.5. The first kappa shape index (κ1) is 15.2. The van der Waals surface area contributed by atoms with Gasteiger partial charge in [-0.05, 0) is 25.0 Å². The van der Waals surface area contributed by atoms with Crippen LogP contribution < -0.4 is 5.56 Å². The minimum Gasteiger partial charge on any atom is -0.265 e. The summed E-state index contributed by atoms with van der Waals surface area (Å²) < 4.78 is 1.40. The van der Waals surface area contributed by atoms with Crippen molar-refractivity contribution in [1.82, 2.24) is 14.9 Å². The molecule has 0 saturated heterocycles. The normalized spacial score (nSPS) is 17.2. The van der Waals surface area contributed by atoms with Crippen LogP contribution in [0.15, 0.2) is 15.1 Å². The Morgan fingerprint density at radius 2 is 2.00 bits per heavy atom. The minimum atomic E-state index is -0.104. The molecule has 0 N–H and O–H groups in total. The quantitative estimate of drug-likeness (QED) is 0.633. The average Bonchev–Trinajstić information content (AvgIpc) is 2.46. The summed E-state index contributed by atoms with van der Waals surface area (Å²) in [4.78, 5) is 12.6. The molecule has 1 aliphatic carbocycles. The molecule has 1 aromatic rings. The average molecular weight is 294 g/mol. The SMILES string of the molecule is CSc1nnc(C2CCCCC2)c(=O)n1N=CC(C)C. The van der Waals surface area contributed by atoms with Crippen LogP contribution in [0, 0.1) is 5.92 Å². The second kappa shape index (κ2) is 7.02. The highest BCUT2D eigenvalue weighted by Crippen LogP contribution is 2.29. The molecule has 2 rings (SSSR count). The molecule has 0 aromatic carbocycles. The minimum absolute atomic E-state index is 0.104. The van der Waals surface area contributed by atoms with Crippen molar-refractivity contribution >= 4 is 18.0 Å². The fraction of sp³-hybridized carbons (Fsp3) is 0.714. The van der Waals surface area contributed by atoms with E-state index in [1.54, 1.807) is 6.21 Å². The molecule has 0 radical (unpaired) electrons. The fourth-order valence-corrected chi connectivity index (χ4v) is 2.86. The van der Waals surface area contributed by atoms with E-state index < -0.39 is 0 Å². The summed E-state index contributed by atoms with van der Waals surface area (Å²) >= 11 is 1.39. The van der Waals surface area contributed by atoms with E-state index in [0.717, 1.165) is 12.8 Å². The molecule has 1 aromatic heterocycles. The maximum absolute atomic E-state index is 12.6. The van der Waals surface area contributed by atoms with Crippen molar-refractivity contribution < 1.29 is 0 Å². The first-order valence-electron chi connectivity index (χ1n) is 7.21. The van der Waals surface area contributed by atoms with E-state index in [0.29, 0.717) is 16.8 Å². The third kappa shape index (κ3) is 3.48. The largest absolute Gasteiger partial charge is 0.297 e. The zero-order valence-corrected chi connectivity index (χ0v) is 13.2. The summed E-state index contributed by atoms with van der Waals surface area (Å²) in [5, 5.41) is 13.2. The van der Waals surface area contributed by atoms with Gasteiger partial charge in [0.2, 0.25) is 5.16 Å². The highest BCUT2D eigenvalue weighted by Gasteiger charge is 2.22. The van der Waals surface area contributed by atoms with Gasteiger partial charge in [0.1, 0.15) is 5.69 Å². The molecular weight excluding hydrogens is 272 g/mol. The lowest BCUT2D eigenvalue weighted by Crippen LogP contribution is -2.28. The van der Waals surface area contributed by atoms with E-state index in [4.69, 9.17) is 0 Å². The Labute approximate surface area is 123 Å². The van der Waals surface area contributed by atoms with Gasteiger partial charge in [-0.3, -0.25) is 4.79 Å². The summed E-state index contributed by atoms with van der Waals surface area (Å²) in [5.41, 5.74) is 0.483. The number of rotatable bonds is 4. The second-order valence-electron chi connectivity index (χ2n) is 5.53. The number of nitrogens with zero attached hydrogens (tertiary/aromatic N) is 4. The van der Waals surface area contributed by atoms with Gasteiger partial charge in [-0.2, -0.15) is 9.78 Å². The van der Waals surface area contributed by atoms with Crippen LogP contribution in [0.25, 0.3) is 0 Å². The molecule has 1 heterocycles. The van der Waals surface area contributed by atoms with Crippen LogP contribution in [0.3, 0.4) is 0 Å². The van der Waals surface area contributed by atoms with Crippen molar-refractivity contribution in [2.24, 2.45) is 11.0 Å². The first-order chi connectivity index (χ1) is 9.63. The van der Waals surface area contributed by atoms with Crippen LogP contribution >= 0.6 is 11.8 Å². The smallest absolute Gasteiger partial charge is 0.265 e. The molecule has 1 saturated carbocycles. The zero-order valence-electron chi connectivity index (χ0n) is 12.4. The molecule has 1 aliphatic rings. The van der Waals surface area contributed by atoms with Crippen LogP contribution in [-0.2, 0) is 0 Å². The van der Waals surface area contributed by atoms with Gasteiger partial charge in [-0.1, -0.05) is 44.9 Å². The summed E-state index contributed by atoms with van der Waals surface area (Å²) in [6.45, 7) is 4.06. The maximum atomic E-state index is 12.6. The van der Waals surface area contributed by atoms with E-state index in [1.807, 2.05) is 20.1 Å². The molecule has 1 fully saturated rings. The highest BCUT2D eigenvalue weighted by molar-refractivity contribution is 7.98. The maximum Gasteiger partial charge on any atom is 0.297 e. The number of aromatic nitrogens is 3. The van der Waals surface area contributed by atoms with Gasteiger partial charge < -0.3 is 0 Å². The van der Waals surface area contributed by atoms with E-state index in [2.05, 4.69) is 15.3 Å². The van der Waals surface area contributed by atoms with Crippen LogP contribution in [0.2, 0.25) is 0 Å². The molecule has 20 heavy (non-hydrogen) atoms. The van der Waals surface area contributed by atoms with Crippen molar-refractivity contribution in [2.45, 2.75) is 57.0 Å². The van der Waals surface area contributed by atoms with Crippen LogP contribution in [-0.4, -0.2) is 27.3 Å². The van der Waals surface area contributed by atoms with E-state index in [1.165, 1.54) is 35.7 Å². The third-order valence-electron chi connectivity index (χ3n) is 3.49. The Morgan fingerprint density at radius 1 is 1.30 bits per heavy atom. The molecule has 110 valence electrons. The van der Waals surface area contributed by atoms with Crippen molar-refractivity contribution in [2.75, 3.05) is 6.26 Å². The Morgan fingerprint density at radius 3 is 2.60 bits per heavy atom. The molecule has 0 spiro atoms. The van der Waals surface area contributed by atoms with Gasteiger partial charge in [0.05, 0.1) is 0 Å². The van der Waals surface area contributed by atoms with Gasteiger partial charge in [-0.25, -0.2) is 0 Å². The molecular formula is C14H22N4OS. The molecule has 0 bridgehead atoms. The van der Waals surface area contributed by atoms with Gasteiger partial charge in [0.25, 0.3) is 5.56 Å². The Hall–Kier alpha value is -1.17.